The van der Waals surface area contributed by atoms with E-state index in [1.165, 1.54) is 30.7 Å². The van der Waals surface area contributed by atoms with Gasteiger partial charge in [-0.25, -0.2) is 0 Å². The first-order valence-electron chi connectivity index (χ1n) is 5.53. The van der Waals surface area contributed by atoms with Gasteiger partial charge in [0.1, 0.15) is 11.5 Å². The summed E-state index contributed by atoms with van der Waals surface area (Å²) in [5.74, 6) is 0.127. The van der Waals surface area contributed by atoms with Crippen molar-refractivity contribution in [1.29, 1.82) is 0 Å². The molecule has 0 fully saturated rings. The van der Waals surface area contributed by atoms with Gasteiger partial charge in [0, 0.05) is 6.08 Å². The van der Waals surface area contributed by atoms with Crippen molar-refractivity contribution in [3.05, 3.63) is 53.9 Å². The fourth-order valence-corrected chi connectivity index (χ4v) is 1.39. The van der Waals surface area contributed by atoms with Crippen molar-refractivity contribution in [3.8, 4) is 0 Å². The Morgan fingerprint density at radius 1 is 1.16 bits per heavy atom. The summed E-state index contributed by atoms with van der Waals surface area (Å²) in [5, 5.41) is 0. The Bertz CT molecular complexity index is 596. The molecule has 2 aromatic heterocycles. The molecular formula is C13H12N2O4. The minimum absolute atomic E-state index is 0.371. The zero-order valence-electron chi connectivity index (χ0n) is 10.2. The molecule has 2 heterocycles. The molecule has 2 aromatic rings. The van der Waals surface area contributed by atoms with E-state index < -0.39 is 11.8 Å². The minimum atomic E-state index is -0.467. The van der Waals surface area contributed by atoms with Gasteiger partial charge in [0.2, 0.25) is 0 Å². The molecule has 6 nitrogen and oxygen atoms in total. The van der Waals surface area contributed by atoms with E-state index in [9.17, 15) is 9.59 Å². The van der Waals surface area contributed by atoms with Crippen LogP contribution in [0.4, 0.5) is 0 Å². The highest BCUT2D eigenvalue weighted by atomic mass is 16.3. The van der Waals surface area contributed by atoms with Crippen molar-refractivity contribution in [2.24, 2.45) is 0 Å². The average molecular weight is 260 g/mol. The Morgan fingerprint density at radius 3 is 2.63 bits per heavy atom. The van der Waals surface area contributed by atoms with E-state index in [4.69, 9.17) is 8.83 Å². The second kappa shape index (κ2) is 5.72. The van der Waals surface area contributed by atoms with E-state index in [0.29, 0.717) is 17.1 Å². The van der Waals surface area contributed by atoms with E-state index in [1.54, 1.807) is 19.1 Å². The first kappa shape index (κ1) is 12.7. The molecule has 2 rings (SSSR count). The van der Waals surface area contributed by atoms with Gasteiger partial charge in [-0.1, -0.05) is 0 Å². The Hall–Kier alpha value is -2.76. The third-order valence-corrected chi connectivity index (χ3v) is 2.34. The summed E-state index contributed by atoms with van der Waals surface area (Å²) in [6.45, 7) is 1.66. The molecule has 0 atom stereocenters. The zero-order valence-corrected chi connectivity index (χ0v) is 10.2. The van der Waals surface area contributed by atoms with Crippen LogP contribution in [-0.4, -0.2) is 11.8 Å². The van der Waals surface area contributed by atoms with Crippen LogP contribution in [0.25, 0.3) is 6.08 Å². The maximum absolute atomic E-state index is 11.6. The number of hydrogen-bond donors (Lipinski definition) is 2. The highest BCUT2D eigenvalue weighted by molar-refractivity contribution is 5.98. The standard InChI is InChI=1S/C13H12N2O4/c1-9-11(6-8-18-9)13(17)15-14-12(16)5-4-10-3-2-7-19-10/h2-8H,1H3,(H,14,16)(H,15,17)/b5-4+. The fourth-order valence-electron chi connectivity index (χ4n) is 1.39. The van der Waals surface area contributed by atoms with E-state index in [2.05, 4.69) is 10.9 Å². The number of rotatable bonds is 3. The van der Waals surface area contributed by atoms with Crippen LogP contribution in [0.5, 0.6) is 0 Å². The molecule has 0 saturated heterocycles. The number of carbonyl (C=O) groups is 2. The second-order valence-corrected chi connectivity index (χ2v) is 3.68. The molecule has 0 aromatic carbocycles. The average Bonchev–Trinajstić information content (AvgIpc) is 3.04. The van der Waals surface area contributed by atoms with Gasteiger partial charge < -0.3 is 8.83 Å². The minimum Gasteiger partial charge on any atom is -0.469 e. The molecule has 0 aliphatic rings. The van der Waals surface area contributed by atoms with Gasteiger partial charge in [-0.15, -0.1) is 0 Å². The van der Waals surface area contributed by atoms with Crippen LogP contribution in [-0.2, 0) is 4.79 Å². The summed E-state index contributed by atoms with van der Waals surface area (Å²) in [6, 6.07) is 4.94. The Kier molecular flexibility index (Phi) is 3.82. The van der Waals surface area contributed by atoms with E-state index in [-0.39, 0.29) is 0 Å². The van der Waals surface area contributed by atoms with Crippen molar-refractivity contribution in [3.63, 3.8) is 0 Å². The molecule has 98 valence electrons. The predicted octanol–water partition coefficient (Wildman–Crippen LogP) is 1.66. The molecule has 19 heavy (non-hydrogen) atoms. The van der Waals surface area contributed by atoms with Crippen molar-refractivity contribution in [1.82, 2.24) is 10.9 Å². The van der Waals surface area contributed by atoms with E-state index in [0.717, 1.165) is 0 Å². The van der Waals surface area contributed by atoms with Crippen LogP contribution in [0.1, 0.15) is 21.9 Å². The van der Waals surface area contributed by atoms with Gasteiger partial charge >= 0.3 is 0 Å². The summed E-state index contributed by atoms with van der Waals surface area (Å²) in [6.07, 6.45) is 5.65. The van der Waals surface area contributed by atoms with E-state index in [1.807, 2.05) is 0 Å². The lowest BCUT2D eigenvalue weighted by atomic mass is 10.2. The molecule has 6 heteroatoms. The number of amides is 2. The molecular weight excluding hydrogens is 248 g/mol. The lowest BCUT2D eigenvalue weighted by Gasteiger charge is -2.03. The third kappa shape index (κ3) is 3.35. The van der Waals surface area contributed by atoms with Gasteiger partial charge in [-0.05, 0) is 31.2 Å². The van der Waals surface area contributed by atoms with Crippen molar-refractivity contribution >= 4 is 17.9 Å². The smallest absolute Gasteiger partial charge is 0.273 e. The number of furan rings is 2. The number of hydrazine groups is 1. The molecule has 0 aliphatic carbocycles. The molecule has 0 bridgehead atoms. The van der Waals surface area contributed by atoms with Gasteiger partial charge in [-0.2, -0.15) is 0 Å². The van der Waals surface area contributed by atoms with Crippen LogP contribution in [0.15, 0.2) is 45.6 Å². The summed E-state index contributed by atoms with van der Waals surface area (Å²) in [5.41, 5.74) is 4.90. The van der Waals surface area contributed by atoms with Gasteiger partial charge in [0.25, 0.3) is 11.8 Å². The van der Waals surface area contributed by atoms with Crippen LogP contribution in [0.3, 0.4) is 0 Å². The van der Waals surface area contributed by atoms with Gasteiger partial charge in [0.15, 0.2) is 0 Å². The Labute approximate surface area is 109 Å². The second-order valence-electron chi connectivity index (χ2n) is 3.68. The highest BCUT2D eigenvalue weighted by Gasteiger charge is 2.11. The summed E-state index contributed by atoms with van der Waals surface area (Å²) >= 11 is 0. The highest BCUT2D eigenvalue weighted by Crippen LogP contribution is 2.07. The molecule has 0 saturated carbocycles. The topological polar surface area (TPSA) is 84.5 Å². The van der Waals surface area contributed by atoms with Crippen LogP contribution in [0, 0.1) is 6.92 Å². The van der Waals surface area contributed by atoms with Crippen molar-refractivity contribution in [2.45, 2.75) is 6.92 Å². The maximum Gasteiger partial charge on any atom is 0.273 e. The fraction of sp³-hybridized carbons (Fsp3) is 0.0769. The third-order valence-electron chi connectivity index (χ3n) is 2.34. The van der Waals surface area contributed by atoms with Gasteiger partial charge in [-0.3, -0.25) is 20.4 Å². The summed E-state index contributed by atoms with van der Waals surface area (Å²) in [4.78, 5) is 23.1. The molecule has 2 amide bonds. The SMILES string of the molecule is Cc1occc1C(=O)NNC(=O)/C=C/c1ccco1. The lowest BCUT2D eigenvalue weighted by molar-refractivity contribution is -0.117. The normalized spacial score (nSPS) is 10.6. The lowest BCUT2D eigenvalue weighted by Crippen LogP contribution is -2.40. The molecule has 0 unspecified atom stereocenters. The molecule has 0 radical (unpaired) electrons. The quantitative estimate of drug-likeness (QED) is 0.649. The first-order chi connectivity index (χ1) is 9.16. The van der Waals surface area contributed by atoms with Gasteiger partial charge in [0.05, 0.1) is 18.1 Å². The monoisotopic (exact) mass is 260 g/mol. The number of carbonyl (C=O) groups excluding carboxylic acids is 2. The Morgan fingerprint density at radius 2 is 2.00 bits per heavy atom. The molecule has 0 spiro atoms. The summed E-state index contributed by atoms with van der Waals surface area (Å²) in [7, 11) is 0. The predicted molar refractivity (Wildman–Crippen MR) is 66.8 cm³/mol. The van der Waals surface area contributed by atoms with Crippen LogP contribution < -0.4 is 10.9 Å². The molecule has 0 aliphatic heterocycles. The van der Waals surface area contributed by atoms with Crippen molar-refractivity contribution in [2.75, 3.05) is 0 Å². The Balaban J connectivity index is 1.84. The first-order valence-corrected chi connectivity index (χ1v) is 5.53. The zero-order chi connectivity index (χ0) is 13.7. The van der Waals surface area contributed by atoms with Crippen LogP contribution in [0.2, 0.25) is 0 Å². The summed E-state index contributed by atoms with van der Waals surface area (Å²) < 4.78 is 10.0. The van der Waals surface area contributed by atoms with Crippen molar-refractivity contribution < 1.29 is 18.4 Å². The number of nitrogens with one attached hydrogen (secondary N) is 2. The largest absolute Gasteiger partial charge is 0.469 e. The number of aryl methyl sites for hydroxylation is 1. The van der Waals surface area contributed by atoms with E-state index >= 15 is 0 Å². The number of hydrogen-bond acceptors (Lipinski definition) is 4. The maximum atomic E-state index is 11.6. The molecule has 2 N–H and O–H groups in total. The van der Waals surface area contributed by atoms with Crippen LogP contribution >= 0.6 is 0 Å².